The predicted molar refractivity (Wildman–Crippen MR) is 97.1 cm³/mol. The highest BCUT2D eigenvalue weighted by Crippen LogP contribution is 2.31. The second kappa shape index (κ2) is 6.46. The molecular formula is C19H21ClN2O2. The summed E-state index contributed by atoms with van der Waals surface area (Å²) in [6.45, 7) is 6.21. The Morgan fingerprint density at radius 3 is 2.75 bits per heavy atom. The summed E-state index contributed by atoms with van der Waals surface area (Å²) in [7, 11) is 1.55. The lowest BCUT2D eigenvalue weighted by atomic mass is 9.79. The van der Waals surface area contributed by atoms with E-state index in [0.717, 1.165) is 18.8 Å². The Morgan fingerprint density at radius 2 is 2.04 bits per heavy atom. The van der Waals surface area contributed by atoms with Crippen LogP contribution in [0.4, 0.5) is 5.69 Å². The first-order valence-corrected chi connectivity index (χ1v) is 8.27. The highest BCUT2D eigenvalue weighted by Gasteiger charge is 2.27. The molecule has 0 atom stereocenters. The summed E-state index contributed by atoms with van der Waals surface area (Å²) >= 11 is 6.09. The van der Waals surface area contributed by atoms with Crippen LogP contribution in [0.1, 0.15) is 35.3 Å². The number of anilines is 1. The van der Waals surface area contributed by atoms with E-state index in [2.05, 4.69) is 30.5 Å². The van der Waals surface area contributed by atoms with E-state index in [9.17, 15) is 4.79 Å². The Labute approximate surface area is 147 Å². The average Bonchev–Trinajstić information content (AvgIpc) is 2.54. The van der Waals surface area contributed by atoms with Crippen LogP contribution in [-0.2, 0) is 12.0 Å². The second-order valence-electron chi connectivity index (χ2n) is 6.66. The van der Waals surface area contributed by atoms with E-state index < -0.39 is 0 Å². The molecule has 0 spiro atoms. The number of carbonyl (C=O) groups excluding carboxylic acids is 1. The maximum absolute atomic E-state index is 12.4. The number of methoxy groups -OCH3 is 1. The van der Waals surface area contributed by atoms with Crippen molar-refractivity contribution < 1.29 is 9.53 Å². The van der Waals surface area contributed by atoms with Gasteiger partial charge in [0.05, 0.1) is 12.1 Å². The Hall–Kier alpha value is -2.04. The van der Waals surface area contributed by atoms with Crippen LogP contribution in [0.2, 0.25) is 5.02 Å². The van der Waals surface area contributed by atoms with E-state index in [1.165, 1.54) is 11.1 Å². The minimum absolute atomic E-state index is 0.0969. The van der Waals surface area contributed by atoms with Crippen molar-refractivity contribution in [1.29, 1.82) is 0 Å². The van der Waals surface area contributed by atoms with Gasteiger partial charge in [0.2, 0.25) is 0 Å². The molecule has 0 bridgehead atoms. The normalized spacial score (nSPS) is 15.5. The van der Waals surface area contributed by atoms with Gasteiger partial charge >= 0.3 is 0 Å². The first-order chi connectivity index (χ1) is 11.4. The Kier molecular flexibility index (Phi) is 4.52. The maximum Gasteiger partial charge on any atom is 0.255 e. The van der Waals surface area contributed by atoms with E-state index in [1.54, 1.807) is 25.3 Å². The molecule has 0 fully saturated rings. The molecule has 4 nitrogen and oxygen atoms in total. The van der Waals surface area contributed by atoms with Crippen molar-refractivity contribution in [3.8, 4) is 5.75 Å². The summed E-state index contributed by atoms with van der Waals surface area (Å²) in [4.78, 5) is 12.4. The number of rotatable bonds is 3. The number of benzene rings is 2. The SMILES string of the molecule is COc1ccc(C(=O)Nc2ccc3c(c2)CNCC3(C)C)cc1Cl. The smallest absolute Gasteiger partial charge is 0.255 e. The fourth-order valence-electron chi connectivity index (χ4n) is 3.09. The molecule has 126 valence electrons. The molecular weight excluding hydrogens is 324 g/mol. The molecule has 0 radical (unpaired) electrons. The largest absolute Gasteiger partial charge is 0.495 e. The number of hydrogen-bond donors (Lipinski definition) is 2. The maximum atomic E-state index is 12.4. The molecule has 2 N–H and O–H groups in total. The molecule has 2 aromatic rings. The lowest BCUT2D eigenvalue weighted by Crippen LogP contribution is -2.38. The van der Waals surface area contributed by atoms with Crippen molar-refractivity contribution in [3.05, 3.63) is 58.1 Å². The zero-order valence-electron chi connectivity index (χ0n) is 14.1. The minimum atomic E-state index is -0.192. The number of nitrogens with one attached hydrogen (secondary N) is 2. The third kappa shape index (κ3) is 3.25. The molecule has 0 saturated heterocycles. The fourth-order valence-corrected chi connectivity index (χ4v) is 3.35. The van der Waals surface area contributed by atoms with Gasteiger partial charge in [0.1, 0.15) is 5.75 Å². The van der Waals surface area contributed by atoms with E-state index >= 15 is 0 Å². The van der Waals surface area contributed by atoms with E-state index in [1.807, 2.05) is 12.1 Å². The van der Waals surface area contributed by atoms with Crippen molar-refractivity contribution in [1.82, 2.24) is 5.32 Å². The van der Waals surface area contributed by atoms with Crippen LogP contribution in [0.3, 0.4) is 0 Å². The topological polar surface area (TPSA) is 50.4 Å². The molecule has 1 amide bonds. The van der Waals surface area contributed by atoms with Crippen LogP contribution in [0.15, 0.2) is 36.4 Å². The Morgan fingerprint density at radius 1 is 1.25 bits per heavy atom. The zero-order valence-corrected chi connectivity index (χ0v) is 14.8. The van der Waals surface area contributed by atoms with Crippen molar-refractivity contribution in [3.63, 3.8) is 0 Å². The van der Waals surface area contributed by atoms with E-state index in [4.69, 9.17) is 16.3 Å². The molecule has 1 aliphatic rings. The van der Waals surface area contributed by atoms with Gasteiger partial charge in [-0.15, -0.1) is 0 Å². The van der Waals surface area contributed by atoms with Gasteiger partial charge in [-0.25, -0.2) is 0 Å². The van der Waals surface area contributed by atoms with Crippen LogP contribution in [0.5, 0.6) is 5.75 Å². The first-order valence-electron chi connectivity index (χ1n) is 7.90. The molecule has 0 unspecified atom stereocenters. The number of amides is 1. The Balaban J connectivity index is 1.81. The number of ether oxygens (including phenoxy) is 1. The molecule has 0 aromatic heterocycles. The Bertz CT molecular complexity index is 787. The van der Waals surface area contributed by atoms with Gasteiger partial charge in [-0.1, -0.05) is 31.5 Å². The van der Waals surface area contributed by atoms with Gasteiger partial charge < -0.3 is 15.4 Å². The van der Waals surface area contributed by atoms with Gasteiger partial charge in [0.25, 0.3) is 5.91 Å². The monoisotopic (exact) mass is 344 g/mol. The van der Waals surface area contributed by atoms with Crippen LogP contribution < -0.4 is 15.4 Å². The number of carbonyl (C=O) groups is 1. The summed E-state index contributed by atoms with van der Waals surface area (Å²) in [6, 6.07) is 11.1. The summed E-state index contributed by atoms with van der Waals surface area (Å²) in [5, 5.41) is 6.77. The van der Waals surface area contributed by atoms with Gasteiger partial charge in [-0.2, -0.15) is 0 Å². The van der Waals surface area contributed by atoms with Crippen molar-refractivity contribution >= 4 is 23.2 Å². The third-order valence-corrected chi connectivity index (χ3v) is 4.68. The third-order valence-electron chi connectivity index (χ3n) is 4.39. The summed E-state index contributed by atoms with van der Waals surface area (Å²) in [5.41, 5.74) is 3.92. The molecule has 2 aromatic carbocycles. The molecule has 1 heterocycles. The van der Waals surface area contributed by atoms with Gasteiger partial charge in [0.15, 0.2) is 0 Å². The van der Waals surface area contributed by atoms with Crippen LogP contribution in [0.25, 0.3) is 0 Å². The quantitative estimate of drug-likeness (QED) is 0.885. The van der Waals surface area contributed by atoms with E-state index in [-0.39, 0.29) is 11.3 Å². The predicted octanol–water partition coefficient (Wildman–Crippen LogP) is 3.98. The average molecular weight is 345 g/mol. The lowest BCUT2D eigenvalue weighted by molar-refractivity contribution is 0.102. The minimum Gasteiger partial charge on any atom is -0.495 e. The summed E-state index contributed by atoms with van der Waals surface area (Å²) in [5.74, 6) is 0.359. The molecule has 0 saturated carbocycles. The van der Waals surface area contributed by atoms with Gasteiger partial charge in [-0.05, 0) is 41.5 Å². The highest BCUT2D eigenvalue weighted by molar-refractivity contribution is 6.32. The van der Waals surface area contributed by atoms with Crippen LogP contribution in [0, 0.1) is 0 Å². The lowest BCUT2D eigenvalue weighted by Gasteiger charge is -2.33. The van der Waals surface area contributed by atoms with Crippen molar-refractivity contribution in [2.45, 2.75) is 25.8 Å². The molecule has 24 heavy (non-hydrogen) atoms. The highest BCUT2D eigenvalue weighted by atomic mass is 35.5. The summed E-state index contributed by atoms with van der Waals surface area (Å²) < 4.78 is 5.11. The molecule has 5 heteroatoms. The second-order valence-corrected chi connectivity index (χ2v) is 7.07. The van der Waals surface area contributed by atoms with E-state index in [0.29, 0.717) is 16.3 Å². The number of halogens is 1. The molecule has 0 aliphatic carbocycles. The number of fused-ring (bicyclic) bond motifs is 1. The van der Waals surface area contributed by atoms with Gasteiger partial charge in [0, 0.05) is 29.8 Å². The van der Waals surface area contributed by atoms with Crippen LogP contribution in [-0.4, -0.2) is 19.6 Å². The van der Waals surface area contributed by atoms with Gasteiger partial charge in [-0.3, -0.25) is 4.79 Å². The van der Waals surface area contributed by atoms with Crippen molar-refractivity contribution in [2.75, 3.05) is 19.0 Å². The molecule has 1 aliphatic heterocycles. The molecule has 3 rings (SSSR count). The number of hydrogen-bond acceptors (Lipinski definition) is 3. The van der Waals surface area contributed by atoms with Crippen LogP contribution >= 0.6 is 11.6 Å². The fraction of sp³-hybridized carbons (Fsp3) is 0.316. The van der Waals surface area contributed by atoms with Crippen molar-refractivity contribution in [2.24, 2.45) is 0 Å². The standard InChI is InChI=1S/C19H21ClN2O2/c1-19(2)11-21-10-13-8-14(5-6-15(13)19)22-18(23)12-4-7-17(24-3)16(20)9-12/h4-9,21H,10-11H2,1-3H3,(H,22,23). The first kappa shape index (κ1) is 16.8. The zero-order chi connectivity index (χ0) is 17.3. The summed E-state index contributed by atoms with van der Waals surface area (Å²) in [6.07, 6.45) is 0.